The van der Waals surface area contributed by atoms with E-state index in [0.29, 0.717) is 39.3 Å². The Kier molecular flexibility index (Phi) is 12.9. The largest absolute Gasteiger partial charge is 0.346 e. The molecule has 2 heterocycles. The molecule has 1 aromatic carbocycles. The molecule has 2 aliphatic heterocycles. The molecule has 3 atom stereocenters. The summed E-state index contributed by atoms with van der Waals surface area (Å²) in [5, 5.41) is 2.72. The minimum Gasteiger partial charge on any atom is -0.306 e. The van der Waals surface area contributed by atoms with Crippen LogP contribution in [-0.2, 0) is 18.2 Å². The summed E-state index contributed by atoms with van der Waals surface area (Å²) < 4.78 is 72.3. The summed E-state index contributed by atoms with van der Waals surface area (Å²) in [6.07, 6.45) is 0.330. The van der Waals surface area contributed by atoms with Gasteiger partial charge in [-0.2, -0.15) is 0 Å². The summed E-state index contributed by atoms with van der Waals surface area (Å²) in [4.78, 5) is 0. The fraction of sp³-hybridized carbons (Fsp3) is 0.727. The normalized spacial score (nSPS) is 30.4. The Morgan fingerprint density at radius 3 is 2.06 bits per heavy atom. The molecular formula is C22H38Cl4N4O4P2. The Bertz CT molecular complexity index is 997. The van der Waals surface area contributed by atoms with Crippen molar-refractivity contribution in [3.05, 3.63) is 35.9 Å². The Hall–Kier alpha value is 0.600. The average Bonchev–Trinajstić information content (AvgIpc) is 2.88. The van der Waals surface area contributed by atoms with Crippen LogP contribution in [0.25, 0.3) is 0 Å². The van der Waals surface area contributed by atoms with Gasteiger partial charge in [0.05, 0.1) is 18.6 Å². The molecule has 1 aromatic rings. The molecule has 14 heteroatoms. The lowest BCUT2D eigenvalue weighted by Gasteiger charge is -2.43. The van der Waals surface area contributed by atoms with Crippen molar-refractivity contribution in [1.29, 1.82) is 0 Å². The van der Waals surface area contributed by atoms with Gasteiger partial charge in [-0.3, -0.25) is 9.13 Å². The number of hydrogen-bond acceptors (Lipinski definition) is 4. The summed E-state index contributed by atoms with van der Waals surface area (Å²) in [5.41, 5.74) is 1.00. The maximum atomic E-state index is 13.7. The third-order valence-electron chi connectivity index (χ3n) is 5.51. The van der Waals surface area contributed by atoms with E-state index in [2.05, 4.69) is 5.09 Å². The topological polar surface area (TPSA) is 74.4 Å². The maximum absolute atomic E-state index is 13.7. The molecule has 3 unspecified atom stereocenters. The SMILES string of the molecule is [2H]C1([2H])CCN(C(C)c2ccccc2)P(=O)(N(CCCl)CCCl)O1.[2H]C1([2H])CCNP(=O)(N(CCCl)CCCl)O1. The van der Waals surface area contributed by atoms with Gasteiger partial charge >= 0.3 is 15.3 Å². The van der Waals surface area contributed by atoms with Crippen LogP contribution in [0.1, 0.15) is 36.9 Å². The zero-order valence-electron chi connectivity index (χ0n) is 24.3. The molecule has 0 bridgehead atoms. The Labute approximate surface area is 241 Å². The lowest BCUT2D eigenvalue weighted by molar-refractivity contribution is 0.148. The fourth-order valence-electron chi connectivity index (χ4n) is 3.71. The molecule has 0 saturated carbocycles. The third kappa shape index (κ3) is 9.36. The molecule has 2 fully saturated rings. The quantitative estimate of drug-likeness (QED) is 0.215. The van der Waals surface area contributed by atoms with Crippen LogP contribution >= 0.6 is 61.7 Å². The van der Waals surface area contributed by atoms with Crippen LogP contribution < -0.4 is 5.09 Å². The highest BCUT2D eigenvalue weighted by Gasteiger charge is 2.43. The van der Waals surface area contributed by atoms with Crippen LogP contribution in [0.5, 0.6) is 0 Å². The zero-order chi connectivity index (χ0) is 30.0. The van der Waals surface area contributed by atoms with Gasteiger partial charge in [0, 0.05) is 68.8 Å². The molecule has 0 aromatic heterocycles. The first-order chi connectivity index (χ1) is 18.8. The minimum absolute atomic E-state index is 0.157. The van der Waals surface area contributed by atoms with E-state index in [1.54, 1.807) is 9.34 Å². The number of nitrogens with zero attached hydrogens (tertiary/aromatic N) is 3. The first kappa shape index (κ1) is 26.8. The van der Waals surface area contributed by atoms with Crippen molar-refractivity contribution in [2.75, 3.05) is 75.9 Å². The van der Waals surface area contributed by atoms with Gasteiger partial charge in [-0.15, -0.1) is 46.4 Å². The fourth-order valence-corrected chi connectivity index (χ4v) is 9.20. The Balaban J connectivity index is 0.000000305. The number of hydrogen-bond donors (Lipinski definition) is 1. The summed E-state index contributed by atoms with van der Waals surface area (Å²) in [6.45, 7) is 0.123. The Morgan fingerprint density at radius 2 is 1.50 bits per heavy atom. The van der Waals surface area contributed by atoms with Gasteiger partial charge in [0.25, 0.3) is 0 Å². The first-order valence-electron chi connectivity index (χ1n) is 13.7. The highest BCUT2D eigenvalue weighted by molar-refractivity contribution is 7.54. The lowest BCUT2D eigenvalue weighted by atomic mass is 10.1. The second-order valence-corrected chi connectivity index (χ2v) is 13.7. The van der Waals surface area contributed by atoms with Crippen molar-refractivity contribution in [3.8, 4) is 0 Å². The molecule has 3 rings (SSSR count). The van der Waals surface area contributed by atoms with Crippen molar-refractivity contribution in [2.45, 2.75) is 25.8 Å². The van der Waals surface area contributed by atoms with Gasteiger partial charge < -0.3 is 9.05 Å². The van der Waals surface area contributed by atoms with E-state index in [0.717, 1.165) is 5.56 Å². The van der Waals surface area contributed by atoms with E-state index >= 15 is 0 Å². The molecule has 0 radical (unpaired) electrons. The summed E-state index contributed by atoms with van der Waals surface area (Å²) in [5.74, 6) is 1.10. The van der Waals surface area contributed by atoms with Crippen molar-refractivity contribution in [3.63, 3.8) is 0 Å². The van der Waals surface area contributed by atoms with Gasteiger partial charge in [0.15, 0.2) is 0 Å². The summed E-state index contributed by atoms with van der Waals surface area (Å²) in [7, 11) is -6.93. The van der Waals surface area contributed by atoms with E-state index in [1.807, 2.05) is 37.3 Å². The minimum atomic E-state index is -3.59. The highest BCUT2D eigenvalue weighted by atomic mass is 35.5. The molecule has 208 valence electrons. The van der Waals surface area contributed by atoms with Crippen molar-refractivity contribution < 1.29 is 23.7 Å². The molecule has 2 aliphatic rings. The van der Waals surface area contributed by atoms with E-state index < -0.39 is 28.5 Å². The molecule has 0 aliphatic carbocycles. The molecule has 36 heavy (non-hydrogen) atoms. The third-order valence-corrected chi connectivity index (χ3v) is 11.0. The smallest absolute Gasteiger partial charge is 0.306 e. The number of alkyl halides is 4. The van der Waals surface area contributed by atoms with Gasteiger partial charge in [-0.25, -0.2) is 19.1 Å². The molecule has 2 saturated heterocycles. The van der Waals surface area contributed by atoms with E-state index in [1.165, 1.54) is 4.67 Å². The molecular weight excluding hydrogens is 588 g/mol. The van der Waals surface area contributed by atoms with Crippen molar-refractivity contribution in [1.82, 2.24) is 19.1 Å². The van der Waals surface area contributed by atoms with Gasteiger partial charge in [-0.05, 0) is 25.3 Å². The average molecular weight is 630 g/mol. The van der Waals surface area contributed by atoms with Gasteiger partial charge in [0.2, 0.25) is 0 Å². The molecule has 0 amide bonds. The van der Waals surface area contributed by atoms with Gasteiger partial charge in [0.1, 0.15) is 0 Å². The highest BCUT2D eigenvalue weighted by Crippen LogP contribution is 2.59. The second kappa shape index (κ2) is 17.3. The number of rotatable bonds is 12. The predicted molar refractivity (Wildman–Crippen MR) is 152 cm³/mol. The summed E-state index contributed by atoms with van der Waals surface area (Å²) >= 11 is 22.9. The van der Waals surface area contributed by atoms with Crippen molar-refractivity contribution in [2.24, 2.45) is 0 Å². The Morgan fingerprint density at radius 1 is 0.944 bits per heavy atom. The second-order valence-electron chi connectivity index (χ2n) is 7.80. The first-order valence-corrected chi connectivity index (χ1v) is 17.0. The molecule has 8 nitrogen and oxygen atoms in total. The van der Waals surface area contributed by atoms with Crippen LogP contribution in [0.2, 0.25) is 0 Å². The maximum Gasteiger partial charge on any atom is 0.346 e. The van der Waals surface area contributed by atoms with Gasteiger partial charge in [-0.1, -0.05) is 30.3 Å². The van der Waals surface area contributed by atoms with E-state index in [4.69, 9.17) is 60.9 Å². The standard InChI is InChI=1S/C15H23Cl2N2O2P.C7H15Cl2N2O2P/c1-14(15-6-3-2-4-7-15)19-10-5-13-21-22(19,20)18(11-8-16)12-9-17;8-2-5-11(6-3-9)14(12)10-4-1-7-13-14/h2-4,6-7,14H,5,8-13H2,1H3;1-7H2,(H,10,12)/i13D2;7D2. The van der Waals surface area contributed by atoms with Crippen LogP contribution in [0.3, 0.4) is 0 Å². The van der Waals surface area contributed by atoms with Crippen LogP contribution in [0.15, 0.2) is 30.3 Å². The lowest BCUT2D eigenvalue weighted by Crippen LogP contribution is -2.40. The monoisotopic (exact) mass is 628 g/mol. The van der Waals surface area contributed by atoms with E-state index in [-0.39, 0.29) is 42.4 Å². The summed E-state index contributed by atoms with van der Waals surface area (Å²) in [6, 6.07) is 9.53. The van der Waals surface area contributed by atoms with Crippen molar-refractivity contribution >= 4 is 61.7 Å². The van der Waals surface area contributed by atoms with Crippen LogP contribution in [0, 0.1) is 0 Å². The van der Waals surface area contributed by atoms with Crippen LogP contribution in [-0.4, -0.2) is 89.9 Å². The molecule has 0 spiro atoms. The van der Waals surface area contributed by atoms with Crippen LogP contribution in [0.4, 0.5) is 0 Å². The number of nitrogens with one attached hydrogen (secondary N) is 1. The number of benzene rings is 1. The van der Waals surface area contributed by atoms with E-state index in [9.17, 15) is 9.13 Å². The molecule has 1 N–H and O–H groups in total. The zero-order valence-corrected chi connectivity index (χ0v) is 25.1. The predicted octanol–water partition coefficient (Wildman–Crippen LogP) is 6.24. The number of halogens is 4.